The Morgan fingerprint density at radius 1 is 1.53 bits per heavy atom. The summed E-state index contributed by atoms with van der Waals surface area (Å²) in [5.41, 5.74) is 0. The fraction of sp³-hybridized carbons (Fsp3) is 0.750. The predicted octanol–water partition coefficient (Wildman–Crippen LogP) is 1.11. The van der Waals surface area contributed by atoms with Crippen LogP contribution in [-0.2, 0) is 16.4 Å². The summed E-state index contributed by atoms with van der Waals surface area (Å²) < 4.78 is 24.3. The number of hydrogen-bond donors (Lipinski definition) is 1. The summed E-state index contributed by atoms with van der Waals surface area (Å²) in [5.74, 6) is 1.10. The number of nitrogens with one attached hydrogen (secondary N) is 1. The lowest BCUT2D eigenvalue weighted by Crippen LogP contribution is -2.14. The fourth-order valence-electron chi connectivity index (χ4n) is 1.24. The Kier molecular flexibility index (Phi) is 3.67. The van der Waals surface area contributed by atoms with Gasteiger partial charge in [-0.3, -0.25) is 5.10 Å². The van der Waals surface area contributed by atoms with E-state index >= 15 is 0 Å². The average molecular weight is 249 g/mol. The Bertz CT molecular complexity index is 484. The van der Waals surface area contributed by atoms with Crippen molar-refractivity contribution in [2.24, 2.45) is 0 Å². The number of aromatic nitrogens is 3. The minimum atomic E-state index is -2.97. The van der Waals surface area contributed by atoms with Crippen molar-refractivity contribution in [3.05, 3.63) is 10.6 Å². The highest BCUT2D eigenvalue weighted by Crippen LogP contribution is 2.11. The number of aromatic amines is 1. The number of nitrogens with zero attached hydrogens (tertiary/aromatic N) is 2. The van der Waals surface area contributed by atoms with Crippen LogP contribution >= 0.6 is 12.2 Å². The maximum atomic E-state index is 11.0. The van der Waals surface area contributed by atoms with Gasteiger partial charge in [-0.05, 0) is 12.2 Å². The van der Waals surface area contributed by atoms with Crippen LogP contribution in [0, 0.1) is 4.77 Å². The number of sulfone groups is 1. The zero-order valence-corrected chi connectivity index (χ0v) is 10.7. The van der Waals surface area contributed by atoms with E-state index < -0.39 is 9.84 Å². The summed E-state index contributed by atoms with van der Waals surface area (Å²) in [7, 11) is -2.97. The summed E-state index contributed by atoms with van der Waals surface area (Å²) in [5, 5.41) is 6.74. The van der Waals surface area contributed by atoms with Gasteiger partial charge in [-0.25, -0.2) is 8.42 Å². The molecule has 0 saturated carbocycles. The molecule has 0 amide bonds. The molecule has 0 unspecified atom stereocenters. The molecule has 0 aliphatic rings. The minimum Gasteiger partial charge on any atom is -0.303 e. The number of hydrogen-bond acceptors (Lipinski definition) is 4. The second kappa shape index (κ2) is 4.44. The first kappa shape index (κ1) is 12.4. The Morgan fingerprint density at radius 2 is 2.13 bits per heavy atom. The highest BCUT2D eigenvalue weighted by molar-refractivity contribution is 7.90. The zero-order valence-electron chi connectivity index (χ0n) is 9.02. The summed E-state index contributed by atoms with van der Waals surface area (Å²) >= 11 is 5.03. The topological polar surface area (TPSA) is 67.8 Å². The van der Waals surface area contributed by atoms with Gasteiger partial charge in [0.1, 0.15) is 15.7 Å². The first-order chi connectivity index (χ1) is 6.81. The Hall–Kier alpha value is -0.690. The fourth-order valence-corrected chi connectivity index (χ4v) is 1.99. The van der Waals surface area contributed by atoms with Crippen LogP contribution in [0.15, 0.2) is 0 Å². The van der Waals surface area contributed by atoms with Crippen LogP contribution in [-0.4, -0.2) is 35.2 Å². The van der Waals surface area contributed by atoms with E-state index in [2.05, 4.69) is 10.2 Å². The lowest BCUT2D eigenvalue weighted by atomic mass is 10.2. The number of rotatable bonds is 4. The van der Waals surface area contributed by atoms with Crippen LogP contribution in [0.2, 0.25) is 0 Å². The smallest absolute Gasteiger partial charge is 0.195 e. The molecule has 1 rings (SSSR count). The third-order valence-corrected chi connectivity index (χ3v) is 3.23. The Labute approximate surface area is 94.4 Å². The largest absolute Gasteiger partial charge is 0.303 e. The molecule has 0 saturated heterocycles. The van der Waals surface area contributed by atoms with E-state index in [9.17, 15) is 8.42 Å². The van der Waals surface area contributed by atoms with Gasteiger partial charge < -0.3 is 4.57 Å². The molecule has 5 nitrogen and oxygen atoms in total. The third kappa shape index (κ3) is 3.42. The van der Waals surface area contributed by atoms with E-state index in [1.165, 1.54) is 6.26 Å². The second-order valence-electron chi connectivity index (χ2n) is 3.82. The standard InChI is InChI=1S/C8H15N3O2S2/c1-6(2)7-9-10-8(14)11(7)4-5-15(3,12)13/h6H,4-5H2,1-3H3,(H,10,14). The second-order valence-corrected chi connectivity index (χ2v) is 6.47. The molecule has 0 atom stereocenters. The summed E-state index contributed by atoms with van der Waals surface area (Å²) in [4.78, 5) is 0. The molecule has 86 valence electrons. The molecule has 0 aromatic carbocycles. The van der Waals surface area contributed by atoms with Crippen molar-refractivity contribution in [1.82, 2.24) is 14.8 Å². The number of H-pyrrole nitrogens is 1. The zero-order chi connectivity index (χ0) is 11.6. The molecule has 15 heavy (non-hydrogen) atoms. The normalized spacial score (nSPS) is 12.3. The van der Waals surface area contributed by atoms with Gasteiger partial charge in [-0.15, -0.1) is 0 Å². The molecule has 7 heteroatoms. The van der Waals surface area contributed by atoms with Crippen molar-refractivity contribution < 1.29 is 8.42 Å². The van der Waals surface area contributed by atoms with Crippen molar-refractivity contribution >= 4 is 22.1 Å². The molecular formula is C8H15N3O2S2. The summed E-state index contributed by atoms with van der Waals surface area (Å²) in [6, 6.07) is 0. The molecule has 0 spiro atoms. The molecule has 1 aromatic rings. The Morgan fingerprint density at radius 3 is 2.60 bits per heavy atom. The van der Waals surface area contributed by atoms with Gasteiger partial charge >= 0.3 is 0 Å². The Balaban J connectivity index is 2.94. The van der Waals surface area contributed by atoms with Crippen LogP contribution in [0.5, 0.6) is 0 Å². The van der Waals surface area contributed by atoms with Crippen molar-refractivity contribution in [3.8, 4) is 0 Å². The molecule has 0 aliphatic heterocycles. The maximum absolute atomic E-state index is 11.0. The van der Waals surface area contributed by atoms with E-state index in [4.69, 9.17) is 12.2 Å². The van der Waals surface area contributed by atoms with Crippen molar-refractivity contribution in [3.63, 3.8) is 0 Å². The first-order valence-corrected chi connectivity index (χ1v) is 7.11. The average Bonchev–Trinajstić information content (AvgIpc) is 2.42. The van der Waals surface area contributed by atoms with Gasteiger partial charge in [0, 0.05) is 18.7 Å². The lowest BCUT2D eigenvalue weighted by molar-refractivity contribution is 0.587. The first-order valence-electron chi connectivity index (χ1n) is 4.64. The van der Waals surface area contributed by atoms with Crippen molar-refractivity contribution in [2.45, 2.75) is 26.3 Å². The van der Waals surface area contributed by atoms with Crippen LogP contribution in [0.3, 0.4) is 0 Å². The molecule has 1 aromatic heterocycles. The highest BCUT2D eigenvalue weighted by atomic mass is 32.2. The van der Waals surface area contributed by atoms with Crippen LogP contribution in [0.25, 0.3) is 0 Å². The van der Waals surface area contributed by atoms with Gasteiger partial charge in [-0.2, -0.15) is 5.10 Å². The van der Waals surface area contributed by atoms with E-state index in [0.29, 0.717) is 11.3 Å². The lowest BCUT2D eigenvalue weighted by Gasteiger charge is -2.07. The predicted molar refractivity (Wildman–Crippen MR) is 61.2 cm³/mol. The van der Waals surface area contributed by atoms with Gasteiger partial charge in [-0.1, -0.05) is 13.8 Å². The van der Waals surface area contributed by atoms with Gasteiger partial charge in [0.2, 0.25) is 0 Å². The molecule has 0 aliphatic carbocycles. The summed E-state index contributed by atoms with van der Waals surface area (Å²) in [6.07, 6.45) is 1.21. The van der Waals surface area contributed by atoms with E-state index in [0.717, 1.165) is 5.82 Å². The molecule has 0 bridgehead atoms. The maximum Gasteiger partial charge on any atom is 0.195 e. The highest BCUT2D eigenvalue weighted by Gasteiger charge is 2.11. The monoisotopic (exact) mass is 249 g/mol. The third-order valence-electron chi connectivity index (χ3n) is 1.99. The molecule has 0 radical (unpaired) electrons. The summed E-state index contributed by atoms with van der Waals surface area (Å²) in [6.45, 7) is 4.34. The molecule has 0 fully saturated rings. The molecular weight excluding hydrogens is 234 g/mol. The van der Waals surface area contributed by atoms with Crippen LogP contribution in [0.4, 0.5) is 0 Å². The molecule has 1 heterocycles. The van der Waals surface area contributed by atoms with Gasteiger partial charge in [0.05, 0.1) is 5.75 Å². The van der Waals surface area contributed by atoms with Gasteiger partial charge in [0.15, 0.2) is 4.77 Å². The van der Waals surface area contributed by atoms with E-state index in [1.807, 2.05) is 13.8 Å². The van der Waals surface area contributed by atoms with Crippen LogP contribution in [0.1, 0.15) is 25.6 Å². The molecule has 1 N–H and O–H groups in total. The van der Waals surface area contributed by atoms with E-state index in [1.54, 1.807) is 4.57 Å². The van der Waals surface area contributed by atoms with E-state index in [-0.39, 0.29) is 11.7 Å². The SMILES string of the molecule is CC(C)c1n[nH]c(=S)n1CCS(C)(=O)=O. The van der Waals surface area contributed by atoms with Gasteiger partial charge in [0.25, 0.3) is 0 Å². The van der Waals surface area contributed by atoms with Crippen molar-refractivity contribution in [1.29, 1.82) is 0 Å². The van der Waals surface area contributed by atoms with Crippen molar-refractivity contribution in [2.75, 3.05) is 12.0 Å². The minimum absolute atomic E-state index is 0.0839. The van der Waals surface area contributed by atoms with Crippen LogP contribution < -0.4 is 0 Å². The quantitative estimate of drug-likeness (QED) is 0.812.